The fraction of sp³-hybridized carbons (Fsp3) is 0.182. The average Bonchev–Trinajstić information content (AvgIpc) is 2.79. The van der Waals surface area contributed by atoms with Gasteiger partial charge >= 0.3 is 5.76 Å². The third-order valence-corrected chi connectivity index (χ3v) is 2.79. The summed E-state index contributed by atoms with van der Waals surface area (Å²) >= 11 is 0.235. The van der Waals surface area contributed by atoms with Crippen LogP contribution in [-0.4, -0.2) is 19.9 Å². The molecule has 0 fully saturated rings. The fourth-order valence-corrected chi connectivity index (χ4v) is 1.90. The highest BCUT2D eigenvalue weighted by Crippen LogP contribution is 2.22. The molecule has 0 aliphatic rings. The molecule has 0 amide bonds. The molecule has 0 saturated carbocycles. The molecular formula is C11H9F2N5S. The molecule has 0 spiro atoms. The number of nitriles is 1. The van der Waals surface area contributed by atoms with Gasteiger partial charge in [0.2, 0.25) is 0 Å². The first-order valence-electron chi connectivity index (χ1n) is 5.28. The molecule has 19 heavy (non-hydrogen) atoms. The molecule has 0 aliphatic carbocycles. The van der Waals surface area contributed by atoms with Crippen molar-refractivity contribution in [2.75, 3.05) is 5.32 Å². The number of hydrogen-bond donors (Lipinski definition) is 1. The Bertz CT molecular complexity index is 579. The topological polar surface area (TPSA) is 66.5 Å². The van der Waals surface area contributed by atoms with E-state index in [-0.39, 0.29) is 17.6 Å². The maximum absolute atomic E-state index is 12.4. The van der Waals surface area contributed by atoms with E-state index in [9.17, 15) is 8.78 Å². The molecule has 2 heterocycles. The first kappa shape index (κ1) is 13.3. The molecule has 0 aromatic carbocycles. The Morgan fingerprint density at radius 2 is 2.32 bits per heavy atom. The zero-order chi connectivity index (χ0) is 13.7. The molecular weight excluding hydrogens is 272 g/mol. The van der Waals surface area contributed by atoms with Gasteiger partial charge < -0.3 is 5.32 Å². The highest BCUT2D eigenvalue weighted by molar-refractivity contribution is 7.98. The third kappa shape index (κ3) is 3.66. The normalized spacial score (nSPS) is 10.4. The van der Waals surface area contributed by atoms with E-state index in [1.807, 2.05) is 12.1 Å². The van der Waals surface area contributed by atoms with E-state index >= 15 is 0 Å². The first-order chi connectivity index (χ1) is 9.19. The second kappa shape index (κ2) is 6.15. The average molecular weight is 281 g/mol. The number of hydrogen-bond acceptors (Lipinski definition) is 5. The van der Waals surface area contributed by atoms with Crippen molar-refractivity contribution in [3.8, 4) is 6.07 Å². The smallest absolute Gasteiger partial charge is 0.304 e. The highest BCUT2D eigenvalue weighted by Gasteiger charge is 2.13. The molecule has 0 aliphatic heterocycles. The lowest BCUT2D eigenvalue weighted by Gasteiger charge is -2.07. The molecule has 2 aromatic heterocycles. The van der Waals surface area contributed by atoms with Crippen molar-refractivity contribution in [1.82, 2.24) is 14.2 Å². The minimum Gasteiger partial charge on any atom is -0.364 e. The summed E-state index contributed by atoms with van der Waals surface area (Å²) in [6.07, 6.45) is 1.64. The lowest BCUT2D eigenvalue weighted by Crippen LogP contribution is -2.06. The van der Waals surface area contributed by atoms with Gasteiger partial charge in [-0.1, -0.05) is 6.07 Å². The van der Waals surface area contributed by atoms with Crippen molar-refractivity contribution in [3.63, 3.8) is 0 Å². The van der Waals surface area contributed by atoms with Gasteiger partial charge in [0.15, 0.2) is 5.69 Å². The zero-order valence-electron chi connectivity index (χ0n) is 9.62. The lowest BCUT2D eigenvalue weighted by atomic mass is 10.3. The van der Waals surface area contributed by atoms with E-state index in [1.165, 1.54) is 6.07 Å². The molecule has 98 valence electrons. The summed E-state index contributed by atoms with van der Waals surface area (Å²) < 4.78 is 25.7. The van der Waals surface area contributed by atoms with Crippen LogP contribution in [0.25, 0.3) is 0 Å². The second-order valence-electron chi connectivity index (χ2n) is 3.44. The van der Waals surface area contributed by atoms with Gasteiger partial charge in [-0.2, -0.15) is 18.1 Å². The molecule has 0 unspecified atom stereocenters. The van der Waals surface area contributed by atoms with Gasteiger partial charge in [0.1, 0.15) is 11.9 Å². The Kier molecular flexibility index (Phi) is 4.30. The standard InChI is InChI=1S/C11H9F2N5S/c12-11(13)19-18-10(5-9(6-14)17-18)16-7-8-3-1-2-4-15-8/h1-5,11,16H,7H2. The van der Waals surface area contributed by atoms with Crippen LogP contribution in [0.3, 0.4) is 0 Å². The van der Waals surface area contributed by atoms with Crippen LogP contribution in [0.15, 0.2) is 30.5 Å². The van der Waals surface area contributed by atoms with Gasteiger partial charge in [0, 0.05) is 24.2 Å². The van der Waals surface area contributed by atoms with E-state index < -0.39 is 5.76 Å². The Labute approximate surface area is 112 Å². The molecule has 0 radical (unpaired) electrons. The zero-order valence-corrected chi connectivity index (χ0v) is 10.4. The van der Waals surface area contributed by atoms with Gasteiger partial charge in [0.25, 0.3) is 0 Å². The number of aromatic nitrogens is 3. The predicted octanol–water partition coefficient (Wildman–Crippen LogP) is 2.48. The number of rotatable bonds is 5. The summed E-state index contributed by atoms with van der Waals surface area (Å²) in [4.78, 5) is 4.10. The Morgan fingerprint density at radius 1 is 1.47 bits per heavy atom. The van der Waals surface area contributed by atoms with Gasteiger partial charge in [0.05, 0.1) is 12.2 Å². The van der Waals surface area contributed by atoms with Crippen LogP contribution in [-0.2, 0) is 6.54 Å². The van der Waals surface area contributed by atoms with E-state index in [4.69, 9.17) is 5.26 Å². The van der Waals surface area contributed by atoms with Crippen LogP contribution in [0.1, 0.15) is 11.4 Å². The Hall–Kier alpha value is -2.14. The maximum atomic E-state index is 12.4. The molecule has 0 saturated heterocycles. The fourth-order valence-electron chi connectivity index (χ4n) is 1.38. The molecule has 5 nitrogen and oxygen atoms in total. The van der Waals surface area contributed by atoms with E-state index in [0.29, 0.717) is 12.4 Å². The number of nitrogens with zero attached hydrogens (tertiary/aromatic N) is 4. The Balaban J connectivity index is 2.10. The molecule has 2 rings (SSSR count). The van der Waals surface area contributed by atoms with Crippen LogP contribution in [0, 0.1) is 11.3 Å². The number of pyridine rings is 1. The van der Waals surface area contributed by atoms with E-state index in [2.05, 4.69) is 15.4 Å². The summed E-state index contributed by atoms with van der Waals surface area (Å²) in [6.45, 7) is 0.362. The number of alkyl halides is 2. The van der Waals surface area contributed by atoms with Crippen molar-refractivity contribution in [3.05, 3.63) is 41.9 Å². The number of nitrogens with one attached hydrogen (secondary N) is 1. The SMILES string of the molecule is N#Cc1cc(NCc2ccccn2)n(SC(F)F)n1. The summed E-state index contributed by atoms with van der Waals surface area (Å²) in [6, 6.07) is 8.65. The minimum absolute atomic E-state index is 0.0803. The lowest BCUT2D eigenvalue weighted by molar-refractivity contribution is 0.251. The first-order valence-corrected chi connectivity index (χ1v) is 6.12. The summed E-state index contributed by atoms with van der Waals surface area (Å²) in [5, 5.41) is 15.4. The van der Waals surface area contributed by atoms with Crippen molar-refractivity contribution in [2.24, 2.45) is 0 Å². The van der Waals surface area contributed by atoms with Crippen LogP contribution in [0.5, 0.6) is 0 Å². The molecule has 1 N–H and O–H groups in total. The molecule has 0 bridgehead atoms. The summed E-state index contributed by atoms with van der Waals surface area (Å²) in [5.74, 6) is -2.27. The van der Waals surface area contributed by atoms with E-state index in [1.54, 1.807) is 18.3 Å². The molecule has 2 aromatic rings. The molecule has 0 atom stereocenters. The van der Waals surface area contributed by atoms with Crippen LogP contribution < -0.4 is 5.32 Å². The van der Waals surface area contributed by atoms with Gasteiger partial charge in [-0.3, -0.25) is 4.98 Å². The van der Waals surface area contributed by atoms with Crippen molar-refractivity contribution < 1.29 is 8.78 Å². The monoisotopic (exact) mass is 281 g/mol. The second-order valence-corrected chi connectivity index (χ2v) is 4.35. The van der Waals surface area contributed by atoms with Crippen LogP contribution in [0.2, 0.25) is 0 Å². The maximum Gasteiger partial charge on any atom is 0.304 e. The van der Waals surface area contributed by atoms with Gasteiger partial charge in [-0.05, 0) is 12.1 Å². The van der Waals surface area contributed by atoms with Crippen LogP contribution >= 0.6 is 11.9 Å². The van der Waals surface area contributed by atoms with Crippen molar-refractivity contribution in [1.29, 1.82) is 5.26 Å². The summed E-state index contributed by atoms with van der Waals surface area (Å²) in [5.41, 5.74) is 0.840. The highest BCUT2D eigenvalue weighted by atomic mass is 32.2. The summed E-state index contributed by atoms with van der Waals surface area (Å²) in [7, 11) is 0. The predicted molar refractivity (Wildman–Crippen MR) is 67.5 cm³/mol. The number of anilines is 1. The van der Waals surface area contributed by atoms with Gasteiger partial charge in [-0.25, -0.2) is 0 Å². The largest absolute Gasteiger partial charge is 0.364 e. The minimum atomic E-state index is -2.61. The van der Waals surface area contributed by atoms with Crippen molar-refractivity contribution >= 4 is 17.8 Å². The number of halogens is 2. The van der Waals surface area contributed by atoms with Crippen molar-refractivity contribution in [2.45, 2.75) is 12.3 Å². The van der Waals surface area contributed by atoms with E-state index in [0.717, 1.165) is 9.78 Å². The third-order valence-electron chi connectivity index (χ3n) is 2.15. The Morgan fingerprint density at radius 3 is 2.95 bits per heavy atom. The quantitative estimate of drug-likeness (QED) is 0.912. The van der Waals surface area contributed by atoms with Crippen LogP contribution in [0.4, 0.5) is 14.6 Å². The van der Waals surface area contributed by atoms with Gasteiger partial charge in [-0.15, -0.1) is 5.10 Å². The molecule has 8 heteroatoms.